The highest BCUT2D eigenvalue weighted by molar-refractivity contribution is 7.23. The zero-order chi connectivity index (χ0) is 14.8. The van der Waals surface area contributed by atoms with Gasteiger partial charge < -0.3 is 9.64 Å². The molecule has 7 heteroatoms. The second kappa shape index (κ2) is 6.44. The maximum absolute atomic E-state index is 12.3. The number of ether oxygens (including phenoxy) is 1. The lowest BCUT2D eigenvalue weighted by atomic mass is 10.2. The molecule has 21 heavy (non-hydrogen) atoms. The van der Waals surface area contributed by atoms with Crippen LogP contribution < -0.4 is 0 Å². The van der Waals surface area contributed by atoms with Crippen LogP contribution in [-0.4, -0.2) is 41.6 Å². The molecule has 0 aromatic carbocycles. The van der Waals surface area contributed by atoms with E-state index in [0.717, 1.165) is 19.9 Å². The monoisotopic (exact) mass is 342 g/mol. The van der Waals surface area contributed by atoms with Crippen LogP contribution in [0.15, 0.2) is 17.5 Å². The van der Waals surface area contributed by atoms with Crippen LogP contribution in [0.5, 0.6) is 0 Å². The largest absolute Gasteiger partial charge is 0.375 e. The molecule has 1 amide bonds. The summed E-state index contributed by atoms with van der Waals surface area (Å²) in [7, 11) is 0. The van der Waals surface area contributed by atoms with Crippen LogP contribution in [0, 0.1) is 0 Å². The van der Waals surface area contributed by atoms with E-state index in [4.69, 9.17) is 16.3 Å². The fourth-order valence-corrected chi connectivity index (χ4v) is 4.18. The van der Waals surface area contributed by atoms with Gasteiger partial charge in [0.25, 0.3) is 0 Å². The standard InChI is InChI=1S/C14H15ClN2O2S2/c1-9-7-17(4-5-19-9)13(18)6-10-8-20-14(16-10)11-2-3-12(15)21-11/h2-3,8-9H,4-7H2,1H3/t9-/m1/s1. The molecule has 0 spiro atoms. The number of thiophene rings is 1. The third-order valence-electron chi connectivity index (χ3n) is 3.26. The lowest BCUT2D eigenvalue weighted by Crippen LogP contribution is -2.45. The van der Waals surface area contributed by atoms with Crippen molar-refractivity contribution in [2.45, 2.75) is 19.4 Å². The molecule has 3 heterocycles. The molecular formula is C14H15ClN2O2S2. The van der Waals surface area contributed by atoms with Crippen molar-refractivity contribution >= 4 is 40.2 Å². The summed E-state index contributed by atoms with van der Waals surface area (Å²) in [5.41, 5.74) is 0.823. The van der Waals surface area contributed by atoms with Crippen LogP contribution in [0.1, 0.15) is 12.6 Å². The van der Waals surface area contributed by atoms with Crippen LogP contribution in [-0.2, 0) is 16.0 Å². The normalized spacial score (nSPS) is 19.0. The van der Waals surface area contributed by atoms with Gasteiger partial charge >= 0.3 is 0 Å². The minimum absolute atomic E-state index is 0.113. The Labute approximate surface area is 136 Å². The highest BCUT2D eigenvalue weighted by Crippen LogP contribution is 2.33. The summed E-state index contributed by atoms with van der Waals surface area (Å²) in [5.74, 6) is 0.117. The summed E-state index contributed by atoms with van der Waals surface area (Å²) in [6.07, 6.45) is 0.462. The number of morpholine rings is 1. The molecule has 0 aliphatic carbocycles. The number of rotatable bonds is 3. The lowest BCUT2D eigenvalue weighted by molar-refractivity contribution is -0.137. The molecule has 1 atom stereocenters. The SMILES string of the molecule is C[C@@H]1CN(C(=O)Cc2csc(-c3ccc(Cl)s3)n2)CCO1. The molecule has 4 nitrogen and oxygen atoms in total. The molecule has 0 saturated carbocycles. The molecule has 3 rings (SSSR count). The summed E-state index contributed by atoms with van der Waals surface area (Å²) < 4.78 is 6.20. The molecule has 2 aromatic rings. The number of halogens is 1. The molecule has 0 unspecified atom stereocenters. The molecule has 1 saturated heterocycles. The van der Waals surface area contributed by atoms with E-state index < -0.39 is 0 Å². The second-order valence-electron chi connectivity index (χ2n) is 4.95. The van der Waals surface area contributed by atoms with E-state index >= 15 is 0 Å². The number of hydrogen-bond donors (Lipinski definition) is 0. The fourth-order valence-electron chi connectivity index (χ4n) is 2.24. The maximum atomic E-state index is 12.3. The first kappa shape index (κ1) is 15.0. The fraction of sp³-hybridized carbons (Fsp3) is 0.429. The highest BCUT2D eigenvalue weighted by atomic mass is 35.5. The van der Waals surface area contributed by atoms with Crippen LogP contribution in [0.25, 0.3) is 9.88 Å². The number of hydrogen-bond acceptors (Lipinski definition) is 5. The number of carbonyl (C=O) groups excluding carboxylic acids is 1. The molecule has 0 bridgehead atoms. The Bertz CT molecular complexity index is 640. The molecule has 1 aliphatic rings. The predicted octanol–water partition coefficient (Wildman–Crippen LogP) is 3.31. The van der Waals surface area contributed by atoms with Crippen molar-refractivity contribution in [3.63, 3.8) is 0 Å². The van der Waals surface area contributed by atoms with E-state index in [1.807, 2.05) is 29.3 Å². The summed E-state index contributed by atoms with van der Waals surface area (Å²) in [4.78, 5) is 19.7. The number of amides is 1. The van der Waals surface area contributed by atoms with E-state index in [2.05, 4.69) is 4.98 Å². The molecule has 112 valence electrons. The van der Waals surface area contributed by atoms with Gasteiger partial charge in [0.2, 0.25) is 5.91 Å². The topological polar surface area (TPSA) is 42.4 Å². The average molecular weight is 343 g/mol. The first-order valence-corrected chi connectivity index (χ1v) is 8.79. The van der Waals surface area contributed by atoms with Gasteiger partial charge in [-0.15, -0.1) is 22.7 Å². The Kier molecular flexibility index (Phi) is 4.59. The summed E-state index contributed by atoms with van der Waals surface area (Å²) in [6, 6.07) is 3.82. The average Bonchev–Trinajstić information content (AvgIpc) is 3.07. The molecule has 2 aromatic heterocycles. The van der Waals surface area contributed by atoms with Crippen molar-refractivity contribution in [2.75, 3.05) is 19.7 Å². The van der Waals surface area contributed by atoms with Crippen molar-refractivity contribution in [3.05, 3.63) is 27.5 Å². The van der Waals surface area contributed by atoms with Crippen molar-refractivity contribution in [1.82, 2.24) is 9.88 Å². The van der Waals surface area contributed by atoms with E-state index in [9.17, 15) is 4.79 Å². The highest BCUT2D eigenvalue weighted by Gasteiger charge is 2.22. The van der Waals surface area contributed by atoms with Gasteiger partial charge in [0.15, 0.2) is 0 Å². The van der Waals surface area contributed by atoms with E-state index in [0.29, 0.717) is 26.1 Å². The maximum Gasteiger partial charge on any atom is 0.228 e. The van der Waals surface area contributed by atoms with Gasteiger partial charge in [0.1, 0.15) is 5.01 Å². The summed E-state index contributed by atoms with van der Waals surface area (Å²) >= 11 is 8.99. The first-order valence-electron chi connectivity index (χ1n) is 6.71. The third-order valence-corrected chi connectivity index (χ3v) is 5.55. The predicted molar refractivity (Wildman–Crippen MR) is 86.1 cm³/mol. The lowest BCUT2D eigenvalue weighted by Gasteiger charge is -2.31. The molecule has 0 radical (unpaired) electrons. The number of thiazole rings is 1. The first-order chi connectivity index (χ1) is 10.1. The number of nitrogens with zero attached hydrogens (tertiary/aromatic N) is 2. The van der Waals surface area contributed by atoms with Crippen LogP contribution in [0.2, 0.25) is 4.34 Å². The van der Waals surface area contributed by atoms with Gasteiger partial charge in [-0.05, 0) is 19.1 Å². The minimum atomic E-state index is 0.113. The van der Waals surface area contributed by atoms with Gasteiger partial charge in [-0.2, -0.15) is 0 Å². The Morgan fingerprint density at radius 2 is 2.43 bits per heavy atom. The van der Waals surface area contributed by atoms with Crippen LogP contribution in [0.3, 0.4) is 0 Å². The van der Waals surface area contributed by atoms with Gasteiger partial charge in [-0.25, -0.2) is 4.98 Å². The van der Waals surface area contributed by atoms with Gasteiger partial charge in [-0.3, -0.25) is 4.79 Å². The van der Waals surface area contributed by atoms with E-state index in [-0.39, 0.29) is 12.0 Å². The molecule has 1 fully saturated rings. The molecule has 0 N–H and O–H groups in total. The number of aromatic nitrogens is 1. The van der Waals surface area contributed by atoms with E-state index in [1.165, 1.54) is 11.3 Å². The molecule has 1 aliphatic heterocycles. The molecular weight excluding hydrogens is 328 g/mol. The second-order valence-corrected chi connectivity index (χ2v) is 7.52. The summed E-state index contributed by atoms with van der Waals surface area (Å²) in [5, 5.41) is 2.87. The Hall–Kier alpha value is -0.950. The van der Waals surface area contributed by atoms with Gasteiger partial charge in [0, 0.05) is 18.5 Å². The van der Waals surface area contributed by atoms with Crippen molar-refractivity contribution in [3.8, 4) is 9.88 Å². The summed E-state index contributed by atoms with van der Waals surface area (Å²) in [6.45, 7) is 3.93. The zero-order valence-electron chi connectivity index (χ0n) is 11.5. The van der Waals surface area contributed by atoms with Crippen molar-refractivity contribution in [2.24, 2.45) is 0 Å². The quantitative estimate of drug-likeness (QED) is 0.859. The van der Waals surface area contributed by atoms with E-state index in [1.54, 1.807) is 11.3 Å². The third kappa shape index (κ3) is 3.63. The Morgan fingerprint density at radius 1 is 1.57 bits per heavy atom. The Balaban J connectivity index is 1.65. The number of carbonyl (C=O) groups is 1. The van der Waals surface area contributed by atoms with Crippen LogP contribution >= 0.6 is 34.3 Å². The van der Waals surface area contributed by atoms with Crippen molar-refractivity contribution in [1.29, 1.82) is 0 Å². The minimum Gasteiger partial charge on any atom is -0.375 e. The van der Waals surface area contributed by atoms with Crippen LogP contribution in [0.4, 0.5) is 0 Å². The zero-order valence-corrected chi connectivity index (χ0v) is 13.9. The smallest absolute Gasteiger partial charge is 0.228 e. The van der Waals surface area contributed by atoms with Gasteiger partial charge in [0.05, 0.1) is 34.0 Å². The van der Waals surface area contributed by atoms with Crippen molar-refractivity contribution < 1.29 is 9.53 Å². The Morgan fingerprint density at radius 3 is 3.14 bits per heavy atom. The van der Waals surface area contributed by atoms with Gasteiger partial charge in [-0.1, -0.05) is 11.6 Å².